The first-order valence-electron chi connectivity index (χ1n) is 7.78. The van der Waals surface area contributed by atoms with Gasteiger partial charge in [0, 0.05) is 25.7 Å². The van der Waals surface area contributed by atoms with E-state index in [1.165, 1.54) is 10.4 Å². The van der Waals surface area contributed by atoms with Gasteiger partial charge in [-0.25, -0.2) is 8.42 Å². The summed E-state index contributed by atoms with van der Waals surface area (Å²) >= 11 is 0. The fraction of sp³-hybridized carbons (Fsp3) is 0.562. The van der Waals surface area contributed by atoms with E-state index in [0.29, 0.717) is 43.5 Å². The molecule has 1 atom stereocenters. The standard InChI is InChI=1S/C16H23N3O3S.ClH/c1-12(11-20)8-14-9-16(3-2-13(14)10-17)23(21,22)19-6-4-15(18)5-7-19;/h2-3,9,12,15,20H,4-8,11,18H2,1H3;1H/t12-;/m0./s1. The van der Waals surface area contributed by atoms with Crippen molar-refractivity contribution in [2.45, 2.75) is 37.1 Å². The Hall–Kier alpha value is -1.17. The first-order chi connectivity index (χ1) is 10.9. The Bertz CT molecular complexity index is 695. The van der Waals surface area contributed by atoms with Crippen LogP contribution in [0.3, 0.4) is 0 Å². The normalized spacial score (nSPS) is 17.8. The van der Waals surface area contributed by atoms with Crippen LogP contribution in [0.2, 0.25) is 0 Å². The molecule has 24 heavy (non-hydrogen) atoms. The average Bonchev–Trinajstić information content (AvgIpc) is 2.55. The van der Waals surface area contributed by atoms with E-state index in [0.717, 1.165) is 0 Å². The molecule has 1 saturated heterocycles. The van der Waals surface area contributed by atoms with Crippen molar-refractivity contribution in [3.05, 3.63) is 29.3 Å². The number of aliphatic hydroxyl groups excluding tert-OH is 1. The monoisotopic (exact) mass is 373 g/mol. The number of hydrogen-bond acceptors (Lipinski definition) is 5. The Morgan fingerprint density at radius 2 is 2.04 bits per heavy atom. The van der Waals surface area contributed by atoms with Crippen molar-refractivity contribution in [2.24, 2.45) is 11.7 Å². The largest absolute Gasteiger partial charge is 0.396 e. The molecular weight excluding hydrogens is 350 g/mol. The van der Waals surface area contributed by atoms with E-state index in [-0.39, 0.29) is 35.9 Å². The Kier molecular flexibility index (Phi) is 7.64. The summed E-state index contributed by atoms with van der Waals surface area (Å²) in [5.74, 6) is -0.0342. The van der Waals surface area contributed by atoms with Crippen LogP contribution in [0, 0.1) is 17.2 Å². The van der Waals surface area contributed by atoms with Crippen molar-refractivity contribution in [3.8, 4) is 6.07 Å². The van der Waals surface area contributed by atoms with Gasteiger partial charge in [0.15, 0.2) is 0 Å². The number of nitrogens with two attached hydrogens (primary N) is 1. The summed E-state index contributed by atoms with van der Waals surface area (Å²) in [4.78, 5) is 0.201. The molecule has 2 rings (SSSR count). The Morgan fingerprint density at radius 3 is 2.58 bits per heavy atom. The van der Waals surface area contributed by atoms with Crippen LogP contribution < -0.4 is 5.73 Å². The van der Waals surface area contributed by atoms with Crippen LogP contribution >= 0.6 is 12.4 Å². The molecule has 1 aromatic carbocycles. The number of sulfonamides is 1. The van der Waals surface area contributed by atoms with Crippen LogP contribution in [0.4, 0.5) is 0 Å². The summed E-state index contributed by atoms with van der Waals surface area (Å²) < 4.78 is 27.0. The average molecular weight is 374 g/mol. The highest BCUT2D eigenvalue weighted by atomic mass is 35.5. The number of aliphatic hydroxyl groups is 1. The van der Waals surface area contributed by atoms with Gasteiger partial charge in [0.05, 0.1) is 16.5 Å². The minimum absolute atomic E-state index is 0. The molecule has 3 N–H and O–H groups in total. The van der Waals surface area contributed by atoms with Gasteiger partial charge in [-0.1, -0.05) is 6.92 Å². The van der Waals surface area contributed by atoms with E-state index in [1.807, 2.05) is 6.92 Å². The summed E-state index contributed by atoms with van der Waals surface area (Å²) in [5.41, 5.74) is 6.94. The molecule has 0 aliphatic carbocycles. The van der Waals surface area contributed by atoms with Crippen LogP contribution in [0.25, 0.3) is 0 Å². The molecule has 1 aromatic rings. The lowest BCUT2D eigenvalue weighted by Gasteiger charge is -2.29. The highest BCUT2D eigenvalue weighted by Crippen LogP contribution is 2.24. The Balaban J connectivity index is 0.00000288. The van der Waals surface area contributed by atoms with E-state index in [9.17, 15) is 18.8 Å². The maximum absolute atomic E-state index is 12.8. The van der Waals surface area contributed by atoms with Crippen LogP contribution in [-0.4, -0.2) is 43.6 Å². The van der Waals surface area contributed by atoms with Crippen molar-refractivity contribution in [1.82, 2.24) is 4.31 Å². The lowest BCUT2D eigenvalue weighted by Crippen LogP contribution is -2.42. The predicted molar refractivity (Wildman–Crippen MR) is 94.3 cm³/mol. The molecule has 0 spiro atoms. The minimum Gasteiger partial charge on any atom is -0.396 e. The molecule has 8 heteroatoms. The lowest BCUT2D eigenvalue weighted by atomic mass is 9.98. The molecule has 0 radical (unpaired) electrons. The maximum atomic E-state index is 12.8. The smallest absolute Gasteiger partial charge is 0.243 e. The highest BCUT2D eigenvalue weighted by molar-refractivity contribution is 7.89. The summed E-state index contributed by atoms with van der Waals surface area (Å²) in [6, 6.07) is 6.73. The third-order valence-electron chi connectivity index (χ3n) is 4.21. The fourth-order valence-electron chi connectivity index (χ4n) is 2.71. The van der Waals surface area contributed by atoms with E-state index >= 15 is 0 Å². The zero-order valence-corrected chi connectivity index (χ0v) is 15.3. The molecule has 0 unspecified atom stereocenters. The molecule has 1 fully saturated rings. The molecule has 0 saturated carbocycles. The number of halogens is 1. The first-order valence-corrected chi connectivity index (χ1v) is 9.22. The molecule has 1 aliphatic rings. The fourth-order valence-corrected chi connectivity index (χ4v) is 4.23. The summed E-state index contributed by atoms with van der Waals surface area (Å²) in [6.07, 6.45) is 1.78. The SMILES string of the molecule is C[C@H](CO)Cc1cc(S(=O)(=O)N2CCC(N)CC2)ccc1C#N.Cl. The van der Waals surface area contributed by atoms with Gasteiger partial charge in [-0.2, -0.15) is 9.57 Å². The van der Waals surface area contributed by atoms with Gasteiger partial charge in [-0.3, -0.25) is 0 Å². The number of nitrogens with zero attached hydrogens (tertiary/aromatic N) is 2. The molecule has 0 bridgehead atoms. The second-order valence-electron chi connectivity index (χ2n) is 6.16. The maximum Gasteiger partial charge on any atom is 0.243 e. The molecular formula is C16H24ClN3O3S. The first kappa shape index (κ1) is 20.9. The van der Waals surface area contributed by atoms with Gasteiger partial charge in [0.2, 0.25) is 10.0 Å². The summed E-state index contributed by atoms with van der Waals surface area (Å²) in [5, 5.41) is 18.4. The Morgan fingerprint density at radius 1 is 1.42 bits per heavy atom. The lowest BCUT2D eigenvalue weighted by molar-refractivity contribution is 0.237. The van der Waals surface area contributed by atoms with Gasteiger partial charge in [0.25, 0.3) is 0 Å². The van der Waals surface area contributed by atoms with Crippen molar-refractivity contribution in [1.29, 1.82) is 5.26 Å². The zero-order chi connectivity index (χ0) is 17.0. The van der Waals surface area contributed by atoms with Crippen molar-refractivity contribution in [3.63, 3.8) is 0 Å². The predicted octanol–water partition coefficient (Wildman–Crippen LogP) is 1.26. The third kappa shape index (κ3) is 4.68. The number of hydrogen-bond donors (Lipinski definition) is 2. The van der Waals surface area contributed by atoms with Crippen molar-refractivity contribution < 1.29 is 13.5 Å². The van der Waals surface area contributed by atoms with E-state index in [1.54, 1.807) is 12.1 Å². The molecule has 134 valence electrons. The highest BCUT2D eigenvalue weighted by Gasteiger charge is 2.28. The van der Waals surface area contributed by atoms with Gasteiger partial charge in [-0.05, 0) is 48.9 Å². The van der Waals surface area contributed by atoms with Gasteiger partial charge >= 0.3 is 0 Å². The molecule has 1 aliphatic heterocycles. The Labute approximate surface area is 149 Å². The number of benzene rings is 1. The van der Waals surface area contributed by atoms with Gasteiger partial charge in [-0.15, -0.1) is 12.4 Å². The summed E-state index contributed by atoms with van der Waals surface area (Å²) in [7, 11) is -3.57. The minimum atomic E-state index is -3.57. The van der Waals surface area contributed by atoms with Crippen molar-refractivity contribution >= 4 is 22.4 Å². The van der Waals surface area contributed by atoms with Crippen LogP contribution in [0.1, 0.15) is 30.9 Å². The quantitative estimate of drug-likeness (QED) is 0.807. The second kappa shape index (κ2) is 8.79. The molecule has 6 nitrogen and oxygen atoms in total. The molecule has 0 aromatic heterocycles. The van der Waals surface area contributed by atoms with Crippen LogP contribution in [-0.2, 0) is 16.4 Å². The van der Waals surface area contributed by atoms with Gasteiger partial charge in [0.1, 0.15) is 0 Å². The number of nitriles is 1. The topological polar surface area (TPSA) is 107 Å². The van der Waals surface area contributed by atoms with Crippen molar-refractivity contribution in [2.75, 3.05) is 19.7 Å². The summed E-state index contributed by atoms with van der Waals surface area (Å²) in [6.45, 7) is 2.69. The van der Waals surface area contributed by atoms with Gasteiger partial charge < -0.3 is 10.8 Å². The second-order valence-corrected chi connectivity index (χ2v) is 8.10. The van der Waals surface area contributed by atoms with E-state index < -0.39 is 10.0 Å². The number of rotatable bonds is 5. The molecule has 1 heterocycles. The van der Waals surface area contributed by atoms with E-state index in [2.05, 4.69) is 6.07 Å². The zero-order valence-electron chi connectivity index (χ0n) is 13.7. The van der Waals surface area contributed by atoms with Crippen LogP contribution in [0.15, 0.2) is 23.1 Å². The number of piperidine rings is 1. The van der Waals surface area contributed by atoms with E-state index in [4.69, 9.17) is 5.73 Å². The van der Waals surface area contributed by atoms with Crippen LogP contribution in [0.5, 0.6) is 0 Å². The molecule has 0 amide bonds. The third-order valence-corrected chi connectivity index (χ3v) is 6.11.